The zero-order valence-electron chi connectivity index (χ0n) is 15.2. The number of carboxylic acid groups (broad SMARTS) is 1. The number of benzene rings is 1. The molecule has 0 spiro atoms. The highest BCUT2D eigenvalue weighted by Gasteiger charge is 2.39. The molecule has 2 heterocycles. The molecule has 1 saturated carbocycles. The van der Waals surface area contributed by atoms with Crippen LogP contribution in [-0.4, -0.2) is 32.2 Å². The molecule has 1 fully saturated rings. The highest BCUT2D eigenvalue weighted by Crippen LogP contribution is 2.44. The number of aryl methyl sites for hydroxylation is 1. The van der Waals surface area contributed by atoms with Crippen molar-refractivity contribution in [3.8, 4) is 0 Å². The molecule has 0 radical (unpaired) electrons. The van der Waals surface area contributed by atoms with Crippen molar-refractivity contribution in [2.45, 2.75) is 50.4 Å². The number of nitrogens with zero attached hydrogens (tertiary/aromatic N) is 3. The predicted molar refractivity (Wildman–Crippen MR) is 96.4 cm³/mol. The van der Waals surface area contributed by atoms with Gasteiger partial charge in [0.05, 0.1) is 17.3 Å². The summed E-state index contributed by atoms with van der Waals surface area (Å²) in [7, 11) is 0. The van der Waals surface area contributed by atoms with Crippen LogP contribution in [0.25, 0.3) is 0 Å². The second-order valence-electron chi connectivity index (χ2n) is 7.41. The minimum absolute atomic E-state index is 0.0681. The molecule has 1 amide bonds. The minimum atomic E-state index is -4.62. The van der Waals surface area contributed by atoms with Crippen LogP contribution >= 0.6 is 11.6 Å². The molecule has 1 aliphatic carbocycles. The predicted octanol–water partition coefficient (Wildman–Crippen LogP) is 5.24. The van der Waals surface area contributed by atoms with E-state index in [1.807, 2.05) is 4.57 Å². The number of imidazole rings is 1. The Bertz CT molecular complexity index is 956. The van der Waals surface area contributed by atoms with Crippen LogP contribution in [0.15, 0.2) is 18.2 Å². The van der Waals surface area contributed by atoms with Crippen molar-refractivity contribution >= 4 is 17.7 Å². The summed E-state index contributed by atoms with van der Waals surface area (Å²) in [6.07, 6.45) is -3.47. The van der Waals surface area contributed by atoms with Crippen LogP contribution in [0.1, 0.15) is 53.9 Å². The van der Waals surface area contributed by atoms with Crippen LogP contribution < -0.4 is 0 Å². The number of halogens is 5. The SMILES string of the molecule is O=C(O)N1CCn2c(C3CC3)nc(Cl)c2C1CCc1ccc(C(F)(F)F)cc1F. The molecule has 1 aromatic heterocycles. The van der Waals surface area contributed by atoms with Crippen molar-refractivity contribution in [1.29, 1.82) is 0 Å². The average molecular weight is 432 g/mol. The third-order valence-corrected chi connectivity index (χ3v) is 5.78. The Hall–Kier alpha value is -2.29. The summed E-state index contributed by atoms with van der Waals surface area (Å²) in [4.78, 5) is 17.4. The number of amides is 1. The van der Waals surface area contributed by atoms with Crippen LogP contribution in [0.4, 0.5) is 22.4 Å². The number of hydrogen-bond acceptors (Lipinski definition) is 2. The maximum Gasteiger partial charge on any atom is 0.416 e. The Morgan fingerprint density at radius 1 is 1.28 bits per heavy atom. The summed E-state index contributed by atoms with van der Waals surface area (Å²) < 4.78 is 54.4. The van der Waals surface area contributed by atoms with Gasteiger partial charge in [-0.05, 0) is 43.4 Å². The first-order valence-electron chi connectivity index (χ1n) is 9.28. The Balaban J connectivity index is 1.61. The van der Waals surface area contributed by atoms with Crippen LogP contribution in [-0.2, 0) is 19.1 Å². The summed E-state index contributed by atoms with van der Waals surface area (Å²) in [6, 6.07) is 1.75. The van der Waals surface area contributed by atoms with Crippen molar-refractivity contribution in [3.05, 3.63) is 51.8 Å². The lowest BCUT2D eigenvalue weighted by atomic mass is 9.99. The fourth-order valence-corrected chi connectivity index (χ4v) is 4.22. The highest BCUT2D eigenvalue weighted by molar-refractivity contribution is 6.30. The van der Waals surface area contributed by atoms with Gasteiger partial charge < -0.3 is 9.67 Å². The summed E-state index contributed by atoms with van der Waals surface area (Å²) in [6.45, 7) is 0.688. The molecule has 29 heavy (non-hydrogen) atoms. The lowest BCUT2D eigenvalue weighted by molar-refractivity contribution is -0.137. The van der Waals surface area contributed by atoms with E-state index in [9.17, 15) is 27.5 Å². The normalized spacial score (nSPS) is 19.3. The molecule has 0 saturated heterocycles. The fraction of sp³-hybridized carbons (Fsp3) is 0.474. The van der Waals surface area contributed by atoms with Crippen LogP contribution in [0, 0.1) is 5.82 Å². The van der Waals surface area contributed by atoms with E-state index in [0.29, 0.717) is 24.2 Å². The molecule has 1 atom stereocenters. The van der Waals surface area contributed by atoms with E-state index < -0.39 is 29.7 Å². The number of hydrogen-bond donors (Lipinski definition) is 1. The van der Waals surface area contributed by atoms with Gasteiger partial charge in [-0.2, -0.15) is 13.2 Å². The number of rotatable bonds is 4. The number of carbonyl (C=O) groups is 1. The van der Waals surface area contributed by atoms with Crippen molar-refractivity contribution in [2.75, 3.05) is 6.54 Å². The maximum absolute atomic E-state index is 14.2. The van der Waals surface area contributed by atoms with Gasteiger partial charge in [0.25, 0.3) is 0 Å². The molecule has 2 aromatic rings. The van der Waals surface area contributed by atoms with Crippen LogP contribution in [0.3, 0.4) is 0 Å². The lowest BCUT2D eigenvalue weighted by Gasteiger charge is -2.35. The van der Waals surface area contributed by atoms with Gasteiger partial charge in [0.2, 0.25) is 0 Å². The lowest BCUT2D eigenvalue weighted by Crippen LogP contribution is -2.42. The van der Waals surface area contributed by atoms with Gasteiger partial charge in [0.1, 0.15) is 11.6 Å². The Morgan fingerprint density at radius 2 is 2.00 bits per heavy atom. The molecular formula is C19H18ClF4N3O2. The standard InChI is InChI=1S/C19H18ClF4N3O2/c20-16-15-14(6-4-10-3-5-12(9-13(10)21)19(22,23)24)26(18(28)29)7-8-27(15)17(25-16)11-1-2-11/h3,5,9,11,14H,1-2,4,6-8H2,(H,28,29). The zero-order valence-corrected chi connectivity index (χ0v) is 16.0. The summed E-state index contributed by atoms with van der Waals surface area (Å²) >= 11 is 6.33. The monoisotopic (exact) mass is 431 g/mol. The topological polar surface area (TPSA) is 58.4 Å². The van der Waals surface area contributed by atoms with Gasteiger partial charge in [-0.1, -0.05) is 17.7 Å². The van der Waals surface area contributed by atoms with Gasteiger partial charge in [0, 0.05) is 19.0 Å². The van der Waals surface area contributed by atoms with E-state index in [1.54, 1.807) is 0 Å². The molecule has 1 N–H and O–H groups in total. The smallest absolute Gasteiger partial charge is 0.416 e. The molecule has 1 aliphatic heterocycles. The van der Waals surface area contributed by atoms with Crippen molar-refractivity contribution in [2.24, 2.45) is 0 Å². The second kappa shape index (κ2) is 7.19. The zero-order chi connectivity index (χ0) is 20.9. The molecule has 2 aliphatic rings. The first-order valence-corrected chi connectivity index (χ1v) is 9.65. The number of alkyl halides is 3. The van der Waals surface area contributed by atoms with E-state index in [2.05, 4.69) is 4.98 Å². The highest BCUT2D eigenvalue weighted by atomic mass is 35.5. The molecule has 0 bridgehead atoms. The third-order valence-electron chi connectivity index (χ3n) is 5.50. The van der Waals surface area contributed by atoms with E-state index in [-0.39, 0.29) is 30.1 Å². The number of aromatic nitrogens is 2. The van der Waals surface area contributed by atoms with E-state index >= 15 is 0 Å². The summed E-state index contributed by atoms with van der Waals surface area (Å²) in [5.74, 6) is 0.210. The quantitative estimate of drug-likeness (QED) is 0.673. The van der Waals surface area contributed by atoms with Gasteiger partial charge in [-0.15, -0.1) is 0 Å². The van der Waals surface area contributed by atoms with Crippen molar-refractivity contribution in [3.63, 3.8) is 0 Å². The average Bonchev–Trinajstić information content (AvgIpc) is 3.43. The third kappa shape index (κ3) is 3.80. The van der Waals surface area contributed by atoms with Gasteiger partial charge >= 0.3 is 12.3 Å². The van der Waals surface area contributed by atoms with Crippen molar-refractivity contribution in [1.82, 2.24) is 14.5 Å². The molecule has 1 aromatic carbocycles. The van der Waals surface area contributed by atoms with E-state index in [1.165, 1.54) is 4.90 Å². The van der Waals surface area contributed by atoms with Gasteiger partial charge in [0.15, 0.2) is 5.15 Å². The van der Waals surface area contributed by atoms with Crippen LogP contribution in [0.5, 0.6) is 0 Å². The van der Waals surface area contributed by atoms with E-state index in [4.69, 9.17) is 11.6 Å². The van der Waals surface area contributed by atoms with E-state index in [0.717, 1.165) is 30.8 Å². The second-order valence-corrected chi connectivity index (χ2v) is 7.76. The largest absolute Gasteiger partial charge is 0.465 e. The fourth-order valence-electron chi connectivity index (χ4n) is 3.91. The Labute approximate surface area is 168 Å². The maximum atomic E-state index is 14.2. The Kier molecular flexibility index (Phi) is 4.96. The van der Waals surface area contributed by atoms with Gasteiger partial charge in [-0.25, -0.2) is 14.2 Å². The first kappa shape index (κ1) is 20.0. The molecule has 1 unspecified atom stereocenters. The first-order chi connectivity index (χ1) is 13.7. The molecular weight excluding hydrogens is 414 g/mol. The Morgan fingerprint density at radius 3 is 2.59 bits per heavy atom. The summed E-state index contributed by atoms with van der Waals surface area (Å²) in [5.41, 5.74) is -0.383. The molecule has 10 heteroatoms. The van der Waals surface area contributed by atoms with Gasteiger partial charge in [-0.3, -0.25) is 4.90 Å². The molecule has 156 valence electrons. The summed E-state index contributed by atoms with van der Waals surface area (Å²) in [5, 5.41) is 9.82. The molecule has 5 nitrogen and oxygen atoms in total. The number of fused-ring (bicyclic) bond motifs is 1. The molecule has 4 rings (SSSR count). The van der Waals surface area contributed by atoms with Crippen LogP contribution in [0.2, 0.25) is 5.15 Å². The van der Waals surface area contributed by atoms with Crippen molar-refractivity contribution < 1.29 is 27.5 Å². The minimum Gasteiger partial charge on any atom is -0.465 e.